The number of amides is 2. The summed E-state index contributed by atoms with van der Waals surface area (Å²) in [5.74, 6) is -1.14. The van der Waals surface area contributed by atoms with E-state index in [1.807, 2.05) is 12.2 Å². The number of hydrogen-bond donors (Lipinski definition) is 0. The normalized spacial score (nSPS) is 11.7. The third-order valence-electron chi connectivity index (χ3n) is 8.00. The third kappa shape index (κ3) is 43.6. The number of allylic oxidation sites excluding steroid dienone is 2. The zero-order valence-corrected chi connectivity index (χ0v) is 35.2. The Hall–Kier alpha value is -0.500. The number of likely N-dealkylation sites (N-methyl/N-ethyl adjacent to an activating group) is 2. The summed E-state index contributed by atoms with van der Waals surface area (Å²) in [7, 11) is -5.15. The van der Waals surface area contributed by atoms with E-state index in [4.69, 9.17) is 0 Å². The van der Waals surface area contributed by atoms with Crippen LogP contribution in [-0.2, 0) is 29.8 Å². The summed E-state index contributed by atoms with van der Waals surface area (Å²) < 4.78 is 63.0. The van der Waals surface area contributed by atoms with Crippen molar-refractivity contribution in [2.24, 2.45) is 0 Å². The molecular formula is C36H68CaN2O8S2. The molecule has 0 rings (SSSR count). The van der Waals surface area contributed by atoms with E-state index in [1.165, 1.54) is 125 Å². The molecule has 0 aromatic carbocycles. The number of nitrogens with zero attached hydrogens (tertiary/aromatic N) is 2. The molecule has 2 amide bonds. The summed E-state index contributed by atoms with van der Waals surface area (Å²) in [6, 6.07) is 0. The van der Waals surface area contributed by atoms with Crippen LogP contribution < -0.4 is 0 Å². The fraction of sp³-hybridized carbons (Fsp3) is 0.833. The van der Waals surface area contributed by atoms with E-state index in [-0.39, 0.29) is 75.5 Å². The SMILES string of the molecule is CCCCCCCCCCC/C=C/C(=O)N(C)CCCS(=O)(=O)[O-].CCCCCCCCCCC/C=C/C(=O)N(C)CCCS(=O)(=O)[O-].[Ca+2]. The molecule has 0 saturated carbocycles. The number of hydrogen-bond acceptors (Lipinski definition) is 8. The van der Waals surface area contributed by atoms with Crippen molar-refractivity contribution in [1.82, 2.24) is 9.80 Å². The fourth-order valence-electron chi connectivity index (χ4n) is 4.95. The van der Waals surface area contributed by atoms with Crippen molar-refractivity contribution >= 4 is 69.8 Å². The summed E-state index contributed by atoms with van der Waals surface area (Å²) in [6.45, 7) is 5.02. The van der Waals surface area contributed by atoms with Crippen LogP contribution in [0.2, 0.25) is 0 Å². The van der Waals surface area contributed by atoms with Crippen molar-refractivity contribution in [3.8, 4) is 0 Å². The average molecular weight is 761 g/mol. The Labute approximate surface area is 330 Å². The quantitative estimate of drug-likeness (QED) is 0.0319. The van der Waals surface area contributed by atoms with Crippen molar-refractivity contribution in [2.45, 2.75) is 155 Å². The van der Waals surface area contributed by atoms with Crippen molar-refractivity contribution in [3.05, 3.63) is 24.3 Å². The molecule has 0 aliphatic heterocycles. The molecule has 0 saturated heterocycles. The minimum absolute atomic E-state index is 0. The van der Waals surface area contributed by atoms with Gasteiger partial charge >= 0.3 is 37.7 Å². The molecule has 49 heavy (non-hydrogen) atoms. The Morgan fingerprint density at radius 3 is 1.02 bits per heavy atom. The molecule has 284 valence electrons. The Bertz CT molecular complexity index is 983. The van der Waals surface area contributed by atoms with E-state index < -0.39 is 31.7 Å². The standard InChI is InChI=1S/2C18H35NO4S.Ca/c2*1-3-4-5-6-7-8-9-10-11-12-13-15-18(20)19(2)16-14-17-24(21,22)23;/h2*13,15H,3-12,14,16-17H2,1-2H3,(H,21,22,23);/q;;+2/p-2/b2*15-13+;. The van der Waals surface area contributed by atoms with E-state index in [0.717, 1.165) is 25.7 Å². The summed E-state index contributed by atoms with van der Waals surface area (Å²) in [5, 5.41) is 0. The first kappa shape index (κ1) is 52.9. The topological polar surface area (TPSA) is 155 Å². The largest absolute Gasteiger partial charge is 2.00 e. The number of carbonyl (C=O) groups excluding carboxylic acids is 2. The van der Waals surface area contributed by atoms with Crippen LogP contribution in [0.3, 0.4) is 0 Å². The Kier molecular flexibility index (Phi) is 38.7. The van der Waals surface area contributed by atoms with Crippen molar-refractivity contribution in [2.75, 3.05) is 38.7 Å². The average Bonchev–Trinajstić information content (AvgIpc) is 3.01. The number of rotatable bonds is 30. The summed E-state index contributed by atoms with van der Waals surface area (Å²) in [4.78, 5) is 26.4. The molecule has 0 aromatic rings. The molecule has 0 fully saturated rings. The van der Waals surface area contributed by atoms with Crippen LogP contribution in [0.5, 0.6) is 0 Å². The molecule has 0 heterocycles. The van der Waals surface area contributed by atoms with Crippen LogP contribution in [0.4, 0.5) is 0 Å². The van der Waals surface area contributed by atoms with Gasteiger partial charge in [-0.05, 0) is 50.7 Å². The Morgan fingerprint density at radius 1 is 0.490 bits per heavy atom. The summed E-state index contributed by atoms with van der Waals surface area (Å²) >= 11 is 0. The van der Waals surface area contributed by atoms with Gasteiger partial charge in [0.1, 0.15) is 0 Å². The van der Waals surface area contributed by atoms with E-state index in [1.54, 1.807) is 14.1 Å². The fourth-order valence-corrected chi connectivity index (χ4v) is 5.91. The van der Waals surface area contributed by atoms with Crippen molar-refractivity contribution in [1.29, 1.82) is 0 Å². The second kappa shape index (κ2) is 35.9. The van der Waals surface area contributed by atoms with Gasteiger partial charge in [-0.15, -0.1) is 0 Å². The van der Waals surface area contributed by atoms with Gasteiger partial charge in [0.05, 0.1) is 20.2 Å². The molecule has 0 aliphatic rings. The predicted molar refractivity (Wildman–Crippen MR) is 201 cm³/mol. The maximum Gasteiger partial charge on any atom is 2.00 e. The predicted octanol–water partition coefficient (Wildman–Crippen LogP) is 7.33. The summed E-state index contributed by atoms with van der Waals surface area (Å²) in [6.07, 6.45) is 32.0. The number of carbonyl (C=O) groups is 2. The van der Waals surface area contributed by atoms with Crippen LogP contribution in [0, 0.1) is 0 Å². The first-order chi connectivity index (χ1) is 22.7. The van der Waals surface area contributed by atoms with Gasteiger partial charge in [-0.1, -0.05) is 129 Å². The van der Waals surface area contributed by atoms with Crippen LogP contribution in [0.1, 0.15) is 155 Å². The molecular weight excluding hydrogens is 693 g/mol. The smallest absolute Gasteiger partial charge is 0.748 e. The molecule has 0 aliphatic carbocycles. The molecule has 13 heteroatoms. The molecule has 0 unspecified atom stereocenters. The minimum Gasteiger partial charge on any atom is -0.748 e. The second-order valence-electron chi connectivity index (χ2n) is 12.8. The van der Waals surface area contributed by atoms with E-state index in [9.17, 15) is 35.5 Å². The van der Waals surface area contributed by atoms with Gasteiger partial charge in [0, 0.05) is 38.7 Å². The van der Waals surface area contributed by atoms with Crippen LogP contribution >= 0.6 is 0 Å². The molecule has 0 aromatic heterocycles. The monoisotopic (exact) mass is 760 g/mol. The van der Waals surface area contributed by atoms with Gasteiger partial charge in [0.2, 0.25) is 11.8 Å². The van der Waals surface area contributed by atoms with Gasteiger partial charge in [-0.3, -0.25) is 9.59 Å². The molecule has 10 nitrogen and oxygen atoms in total. The second-order valence-corrected chi connectivity index (χ2v) is 15.8. The van der Waals surface area contributed by atoms with Crippen LogP contribution in [-0.4, -0.2) is 124 Å². The Morgan fingerprint density at radius 2 is 0.755 bits per heavy atom. The number of unbranched alkanes of at least 4 members (excludes halogenated alkanes) is 18. The van der Waals surface area contributed by atoms with E-state index >= 15 is 0 Å². The molecule has 0 bridgehead atoms. The maximum absolute atomic E-state index is 11.8. The van der Waals surface area contributed by atoms with Gasteiger partial charge in [0.25, 0.3) is 0 Å². The maximum atomic E-state index is 11.8. The van der Waals surface area contributed by atoms with Gasteiger partial charge < -0.3 is 18.9 Å². The minimum atomic E-state index is -4.19. The summed E-state index contributed by atoms with van der Waals surface area (Å²) in [5.41, 5.74) is 0. The van der Waals surface area contributed by atoms with Crippen molar-refractivity contribution < 1.29 is 35.5 Å². The Balaban J connectivity index is -0.000000846. The van der Waals surface area contributed by atoms with E-state index in [0.29, 0.717) is 0 Å². The van der Waals surface area contributed by atoms with Gasteiger partial charge in [0.15, 0.2) is 0 Å². The molecule has 0 radical (unpaired) electrons. The zero-order chi connectivity index (χ0) is 36.5. The van der Waals surface area contributed by atoms with Crippen molar-refractivity contribution in [3.63, 3.8) is 0 Å². The molecule has 0 atom stereocenters. The van der Waals surface area contributed by atoms with Crippen LogP contribution in [0.25, 0.3) is 0 Å². The first-order valence-electron chi connectivity index (χ1n) is 18.4. The zero-order valence-electron chi connectivity index (χ0n) is 31.4. The first-order valence-corrected chi connectivity index (χ1v) is 21.6. The van der Waals surface area contributed by atoms with E-state index in [2.05, 4.69) is 13.8 Å². The van der Waals surface area contributed by atoms with Gasteiger partial charge in [-0.2, -0.15) is 0 Å². The van der Waals surface area contributed by atoms with Crippen LogP contribution in [0.15, 0.2) is 24.3 Å². The molecule has 0 spiro atoms. The van der Waals surface area contributed by atoms with Gasteiger partial charge in [-0.25, -0.2) is 16.8 Å². The molecule has 0 N–H and O–H groups in total. The third-order valence-corrected chi connectivity index (χ3v) is 9.58.